The maximum absolute atomic E-state index is 12.8. The largest absolute Gasteiger partial charge is 0.573 e. The average molecular weight is 486 g/mol. The topological polar surface area (TPSA) is 68.3 Å². The van der Waals surface area contributed by atoms with Crippen molar-refractivity contribution in [2.24, 2.45) is 0 Å². The Labute approximate surface area is 190 Å². The lowest BCUT2D eigenvalue weighted by atomic mass is 10.1. The summed E-state index contributed by atoms with van der Waals surface area (Å²) in [5.74, 6) is -0.701. The first-order valence-electron chi connectivity index (χ1n) is 10.1. The summed E-state index contributed by atoms with van der Waals surface area (Å²) in [7, 11) is 0. The van der Waals surface area contributed by atoms with E-state index in [1.54, 1.807) is 0 Å². The summed E-state index contributed by atoms with van der Waals surface area (Å²) in [6, 6.07) is 11.9. The van der Waals surface area contributed by atoms with Crippen molar-refractivity contribution in [2.75, 3.05) is 10.6 Å². The molecule has 0 fully saturated rings. The quantitative estimate of drug-likeness (QED) is 0.338. The number of aromatic nitrogens is 2. The van der Waals surface area contributed by atoms with Gasteiger partial charge in [0.05, 0.1) is 11.4 Å². The molecule has 6 nitrogen and oxygen atoms in total. The molecule has 34 heavy (non-hydrogen) atoms. The molecule has 1 atom stereocenters. The number of halogens is 6. The van der Waals surface area contributed by atoms with E-state index in [0.717, 1.165) is 18.2 Å². The number of benzene rings is 2. The highest BCUT2D eigenvalue weighted by molar-refractivity contribution is 5.70. The van der Waals surface area contributed by atoms with Crippen LogP contribution in [0.1, 0.15) is 20.3 Å². The summed E-state index contributed by atoms with van der Waals surface area (Å²) in [5.41, 5.74) is 0.470. The monoisotopic (exact) mass is 486 g/mol. The number of alkyl halides is 6. The van der Waals surface area contributed by atoms with Crippen molar-refractivity contribution in [2.45, 2.75) is 39.0 Å². The molecule has 3 aromatic rings. The molecule has 0 aliphatic rings. The van der Waals surface area contributed by atoms with Gasteiger partial charge in [0.15, 0.2) is 5.75 Å². The van der Waals surface area contributed by atoms with E-state index in [1.807, 2.05) is 13.8 Å². The van der Waals surface area contributed by atoms with E-state index >= 15 is 0 Å². The highest BCUT2D eigenvalue weighted by atomic mass is 19.4. The molecule has 0 saturated carbocycles. The lowest BCUT2D eigenvalue weighted by Gasteiger charge is -2.17. The van der Waals surface area contributed by atoms with Gasteiger partial charge in [-0.3, -0.25) is 0 Å². The summed E-state index contributed by atoms with van der Waals surface area (Å²) in [6.45, 7) is 3.79. The number of nitrogens with one attached hydrogen (secondary N) is 2. The van der Waals surface area contributed by atoms with Crippen molar-refractivity contribution in [3.05, 3.63) is 54.6 Å². The average Bonchev–Trinajstić information content (AvgIpc) is 2.73. The molecule has 2 aromatic carbocycles. The van der Waals surface area contributed by atoms with Crippen LogP contribution in [-0.4, -0.2) is 28.7 Å². The van der Waals surface area contributed by atoms with Crippen LogP contribution in [0.25, 0.3) is 11.3 Å². The van der Waals surface area contributed by atoms with E-state index in [1.165, 1.54) is 36.4 Å². The molecule has 0 unspecified atom stereocenters. The predicted octanol–water partition coefficient (Wildman–Crippen LogP) is 6.89. The van der Waals surface area contributed by atoms with E-state index in [4.69, 9.17) is 0 Å². The first-order valence-corrected chi connectivity index (χ1v) is 10.1. The van der Waals surface area contributed by atoms with E-state index in [0.29, 0.717) is 6.42 Å². The second-order valence-electron chi connectivity index (χ2n) is 7.16. The van der Waals surface area contributed by atoms with Crippen LogP contribution in [0, 0.1) is 0 Å². The molecule has 12 heteroatoms. The van der Waals surface area contributed by atoms with Gasteiger partial charge in [-0.25, -0.2) is 4.98 Å². The van der Waals surface area contributed by atoms with Gasteiger partial charge in [-0.2, -0.15) is 4.98 Å². The Hall–Kier alpha value is -3.70. The summed E-state index contributed by atoms with van der Waals surface area (Å²) in [6.07, 6.45) is -9.06. The molecule has 1 heterocycles. The van der Waals surface area contributed by atoms with E-state index in [9.17, 15) is 26.3 Å². The second kappa shape index (κ2) is 10.1. The molecule has 0 amide bonds. The molecular weight excluding hydrogens is 466 g/mol. The van der Waals surface area contributed by atoms with Crippen molar-refractivity contribution in [3.63, 3.8) is 0 Å². The fourth-order valence-electron chi connectivity index (χ4n) is 2.82. The zero-order valence-electron chi connectivity index (χ0n) is 18.0. The maximum atomic E-state index is 12.8. The summed E-state index contributed by atoms with van der Waals surface area (Å²) < 4.78 is 84.2. The van der Waals surface area contributed by atoms with Crippen LogP contribution < -0.4 is 20.1 Å². The second-order valence-corrected chi connectivity index (χ2v) is 7.16. The van der Waals surface area contributed by atoms with Gasteiger partial charge in [0.2, 0.25) is 5.95 Å². The van der Waals surface area contributed by atoms with Crippen LogP contribution in [0.15, 0.2) is 54.6 Å². The number of hydrogen-bond donors (Lipinski definition) is 2. The molecule has 0 radical (unpaired) electrons. The van der Waals surface area contributed by atoms with Crippen LogP contribution in [0.3, 0.4) is 0 Å². The molecule has 0 saturated heterocycles. The molecule has 1 aromatic heterocycles. The smallest absolute Gasteiger partial charge is 0.406 e. The zero-order chi connectivity index (χ0) is 24.9. The van der Waals surface area contributed by atoms with E-state index < -0.39 is 24.2 Å². The third kappa shape index (κ3) is 7.42. The van der Waals surface area contributed by atoms with E-state index in [2.05, 4.69) is 30.1 Å². The van der Waals surface area contributed by atoms with Crippen LogP contribution in [-0.2, 0) is 0 Å². The molecular formula is C22H20F6N4O2. The number of para-hydroxylation sites is 2. The molecule has 3 rings (SSSR count). The molecule has 0 bridgehead atoms. The Balaban J connectivity index is 2.01. The van der Waals surface area contributed by atoms with Crippen LogP contribution in [0.2, 0.25) is 0 Å². The SMILES string of the molecule is CC[C@@H](C)Nc1nc(Nc2ccccc2OC(F)(F)F)cc(-c2cccc(OC(F)(F)F)c2)n1. The normalized spacial score (nSPS) is 12.7. The van der Waals surface area contributed by atoms with Gasteiger partial charge in [-0.05, 0) is 37.6 Å². The van der Waals surface area contributed by atoms with Crippen molar-refractivity contribution >= 4 is 17.5 Å². The minimum absolute atomic E-state index is 0.0203. The molecule has 2 N–H and O–H groups in total. The standard InChI is InChI=1S/C22H20F6N4O2/c1-3-13(2)29-20-31-17(14-7-6-8-15(11-14)33-21(23,24)25)12-19(32-20)30-16-9-4-5-10-18(16)34-22(26,27)28/h4-13H,3H2,1-2H3,(H2,29,30,31,32)/t13-/m1/s1. The van der Waals surface area contributed by atoms with Crippen molar-refractivity contribution < 1.29 is 35.8 Å². The van der Waals surface area contributed by atoms with Gasteiger partial charge >= 0.3 is 12.7 Å². The fraction of sp³-hybridized carbons (Fsp3) is 0.273. The third-order valence-electron chi connectivity index (χ3n) is 4.45. The number of rotatable bonds is 8. The van der Waals surface area contributed by atoms with Crippen LogP contribution >= 0.6 is 0 Å². The summed E-state index contributed by atoms with van der Waals surface area (Å²) in [4.78, 5) is 8.62. The highest BCUT2D eigenvalue weighted by Crippen LogP contribution is 2.33. The lowest BCUT2D eigenvalue weighted by Crippen LogP contribution is -2.18. The maximum Gasteiger partial charge on any atom is 0.573 e. The zero-order valence-corrected chi connectivity index (χ0v) is 18.0. The molecule has 0 aliphatic carbocycles. The predicted molar refractivity (Wildman–Crippen MR) is 114 cm³/mol. The lowest BCUT2D eigenvalue weighted by molar-refractivity contribution is -0.275. The van der Waals surface area contributed by atoms with Crippen molar-refractivity contribution in [1.82, 2.24) is 9.97 Å². The van der Waals surface area contributed by atoms with Gasteiger partial charge in [0, 0.05) is 17.7 Å². The van der Waals surface area contributed by atoms with Crippen LogP contribution in [0.4, 0.5) is 43.8 Å². The Morgan fingerprint density at radius 3 is 2.26 bits per heavy atom. The highest BCUT2D eigenvalue weighted by Gasteiger charge is 2.32. The minimum atomic E-state index is -4.91. The van der Waals surface area contributed by atoms with Gasteiger partial charge in [-0.1, -0.05) is 31.2 Å². The molecule has 0 aliphatic heterocycles. The van der Waals surface area contributed by atoms with E-state index in [-0.39, 0.29) is 34.8 Å². The van der Waals surface area contributed by atoms with Gasteiger partial charge in [-0.15, -0.1) is 26.3 Å². The third-order valence-corrected chi connectivity index (χ3v) is 4.45. The number of anilines is 3. The first kappa shape index (κ1) is 24.9. The van der Waals surface area contributed by atoms with Crippen molar-refractivity contribution in [1.29, 1.82) is 0 Å². The van der Waals surface area contributed by atoms with Crippen LogP contribution in [0.5, 0.6) is 11.5 Å². The number of ether oxygens (including phenoxy) is 2. The van der Waals surface area contributed by atoms with Gasteiger partial charge in [0.25, 0.3) is 0 Å². The summed E-state index contributed by atoms with van der Waals surface area (Å²) in [5, 5.41) is 5.81. The molecule has 182 valence electrons. The van der Waals surface area contributed by atoms with Gasteiger partial charge < -0.3 is 20.1 Å². The Bertz CT molecular complexity index is 1120. The Morgan fingerprint density at radius 1 is 0.882 bits per heavy atom. The van der Waals surface area contributed by atoms with Crippen molar-refractivity contribution in [3.8, 4) is 22.8 Å². The first-order chi connectivity index (χ1) is 15.9. The Morgan fingerprint density at radius 2 is 1.59 bits per heavy atom. The minimum Gasteiger partial charge on any atom is -0.406 e. The van der Waals surface area contributed by atoms with Gasteiger partial charge in [0.1, 0.15) is 11.6 Å². The Kier molecular flexibility index (Phi) is 7.38. The summed E-state index contributed by atoms with van der Waals surface area (Å²) >= 11 is 0. The number of nitrogens with zero attached hydrogens (tertiary/aromatic N) is 2. The fourth-order valence-corrected chi connectivity index (χ4v) is 2.82. The number of hydrogen-bond acceptors (Lipinski definition) is 6. The molecule has 0 spiro atoms.